The van der Waals surface area contributed by atoms with Crippen molar-refractivity contribution in [1.29, 1.82) is 0 Å². The summed E-state index contributed by atoms with van der Waals surface area (Å²) < 4.78 is 53.4. The number of methoxy groups -OCH3 is 4. The number of rotatable bonds is 13. The zero-order valence-electron chi connectivity index (χ0n) is 37.2. The van der Waals surface area contributed by atoms with Gasteiger partial charge in [0.05, 0.1) is 61.4 Å². The fourth-order valence-corrected chi connectivity index (χ4v) is 8.95. The molecule has 0 radical (unpaired) electrons. The van der Waals surface area contributed by atoms with Crippen LogP contribution in [0, 0.1) is 29.6 Å². The van der Waals surface area contributed by atoms with E-state index in [9.17, 15) is 35.5 Å². The van der Waals surface area contributed by atoms with Crippen LogP contribution in [0.3, 0.4) is 0 Å². The molecule has 0 bridgehead atoms. The first-order valence-electron chi connectivity index (χ1n) is 21.0. The molecule has 3 heterocycles. The highest BCUT2D eigenvalue weighted by Crippen LogP contribution is 2.37. The van der Waals surface area contributed by atoms with Crippen LogP contribution < -0.4 is 0 Å². The first-order chi connectivity index (χ1) is 27.9. The molecule has 0 aromatic heterocycles. The molecule has 0 aromatic carbocycles. The lowest BCUT2D eigenvalue weighted by atomic mass is 9.78. The minimum atomic E-state index is -1.32. The van der Waals surface area contributed by atoms with Crippen LogP contribution in [0.15, 0.2) is 5.16 Å². The van der Waals surface area contributed by atoms with Crippen LogP contribution in [0.1, 0.15) is 80.1 Å². The maximum atomic E-state index is 13.8. The number of esters is 1. The number of carbonyl (C=O) groups is 1. The summed E-state index contributed by atoms with van der Waals surface area (Å²) >= 11 is 0. The Kier molecular flexibility index (Phi) is 21.3. The van der Waals surface area contributed by atoms with Crippen LogP contribution >= 0.6 is 0 Å². The summed E-state index contributed by atoms with van der Waals surface area (Å²) in [5.41, 5.74) is 0.473. The molecular weight excluding hydrogens is 776 g/mol. The van der Waals surface area contributed by atoms with E-state index in [1.165, 1.54) is 28.4 Å². The van der Waals surface area contributed by atoms with Gasteiger partial charge in [-0.25, -0.2) is 0 Å². The van der Waals surface area contributed by atoms with Crippen LogP contribution in [-0.4, -0.2) is 189 Å². The Bertz CT molecular complexity index is 1260. The highest BCUT2D eigenvalue weighted by Gasteiger charge is 2.49. The lowest BCUT2D eigenvalue weighted by Crippen LogP contribution is -2.63. The van der Waals surface area contributed by atoms with Crippen molar-refractivity contribution in [3.05, 3.63) is 0 Å². The number of hydrogen-bond donors (Lipinski definition) is 6. The van der Waals surface area contributed by atoms with Crippen LogP contribution in [0.25, 0.3) is 0 Å². The van der Waals surface area contributed by atoms with E-state index in [0.717, 1.165) is 0 Å². The van der Waals surface area contributed by atoms with E-state index in [1.54, 1.807) is 39.8 Å². The molecule has 3 aliphatic rings. The summed E-state index contributed by atoms with van der Waals surface area (Å²) in [6, 6.07) is -0.733. The Morgan fingerprint density at radius 3 is 2.00 bits per heavy atom. The standard InChI is InChI=1S/C41H76N2O16/c1-13-29-26(19-55-41-39(54-12)38(53-11)35(48)24(6)57-41)33(46)20(2)14-15-27(42-50)21(3)16-25(17-31(51-9)52-10)37(22(4)28(44)18-30(45)58-29)59-40-36(49)32(43(7)8)34(47)23(5)56-40/h20-26,28-29,31-41,44,46-50H,13-19H2,1-12H3/b42-27+/t20?,21-,22+,23-,24-,25-,26-,28-,29?,32+,33?,34-,35-,36-,37?,38-,39-,40+,41-/m1/s1. The SMILES string of the molecule is CCC1OC(=O)C[C@@H](O)[C@H](C)C(O[C@@H]2O[C@H](C)[C@@H](O)[C@H](N(C)C)[C@H]2O)[C@@H](CC(OC)OC)C[C@@H](C)/C(=N/O)CCC(C)C(O)[C@@H]1CO[C@@H]1O[C@H](C)[C@@H](O)[C@@H](OC)[C@H]1OC. The van der Waals surface area contributed by atoms with Crippen molar-refractivity contribution < 1.29 is 78.2 Å². The van der Waals surface area contributed by atoms with Crippen LogP contribution in [0.2, 0.25) is 0 Å². The van der Waals surface area contributed by atoms with E-state index in [4.69, 9.17) is 42.6 Å². The molecule has 0 amide bonds. The van der Waals surface area contributed by atoms with Gasteiger partial charge in [0.1, 0.15) is 30.5 Å². The lowest BCUT2D eigenvalue weighted by Gasteiger charge is -2.47. The van der Waals surface area contributed by atoms with Crippen LogP contribution in [0.5, 0.6) is 0 Å². The minimum Gasteiger partial charge on any atom is -0.462 e. The van der Waals surface area contributed by atoms with Gasteiger partial charge >= 0.3 is 5.97 Å². The molecule has 3 aliphatic heterocycles. The number of carbonyl (C=O) groups excluding carboxylic acids is 1. The number of likely N-dealkylation sites (N-methyl/N-ethyl adjacent to an activating group) is 1. The second-order valence-corrected chi connectivity index (χ2v) is 17.0. The summed E-state index contributed by atoms with van der Waals surface area (Å²) in [6.45, 7) is 10.6. The summed E-state index contributed by atoms with van der Waals surface area (Å²) in [4.78, 5) is 15.5. The highest BCUT2D eigenvalue weighted by atomic mass is 16.7. The van der Waals surface area contributed by atoms with E-state index in [0.29, 0.717) is 31.4 Å². The van der Waals surface area contributed by atoms with Gasteiger partial charge in [-0.1, -0.05) is 32.9 Å². The molecule has 0 aliphatic carbocycles. The van der Waals surface area contributed by atoms with Gasteiger partial charge in [-0.15, -0.1) is 0 Å². The van der Waals surface area contributed by atoms with Crippen LogP contribution in [-0.2, 0) is 47.4 Å². The maximum absolute atomic E-state index is 13.8. The van der Waals surface area contributed by atoms with Crippen molar-refractivity contribution in [3.8, 4) is 0 Å². The molecule has 346 valence electrons. The topological polar surface area (TPSA) is 237 Å². The monoisotopic (exact) mass is 853 g/mol. The smallest absolute Gasteiger partial charge is 0.308 e. The molecule has 19 atom stereocenters. The number of nitrogens with zero attached hydrogens (tertiary/aromatic N) is 2. The second-order valence-electron chi connectivity index (χ2n) is 17.0. The fraction of sp³-hybridized carbons (Fsp3) is 0.951. The van der Waals surface area contributed by atoms with Crippen molar-refractivity contribution in [3.63, 3.8) is 0 Å². The normalized spacial score (nSPS) is 43.3. The molecular formula is C41H76N2O16. The number of ether oxygens (including phenoxy) is 9. The molecule has 0 spiro atoms. The molecule has 18 heteroatoms. The zero-order chi connectivity index (χ0) is 44.3. The predicted molar refractivity (Wildman–Crippen MR) is 213 cm³/mol. The van der Waals surface area contributed by atoms with Gasteiger partial charge in [0.15, 0.2) is 18.9 Å². The average molecular weight is 853 g/mol. The molecule has 18 nitrogen and oxygen atoms in total. The first-order valence-corrected chi connectivity index (χ1v) is 21.0. The van der Waals surface area contributed by atoms with E-state index in [2.05, 4.69) is 5.16 Å². The molecule has 3 fully saturated rings. The van der Waals surface area contributed by atoms with Gasteiger partial charge in [-0.3, -0.25) is 4.79 Å². The number of oxime groups is 1. The zero-order valence-corrected chi connectivity index (χ0v) is 37.2. The van der Waals surface area contributed by atoms with Gasteiger partial charge in [0.2, 0.25) is 0 Å². The molecule has 0 saturated carbocycles. The lowest BCUT2D eigenvalue weighted by molar-refractivity contribution is -0.307. The number of hydrogen-bond acceptors (Lipinski definition) is 18. The number of aliphatic hydroxyl groups is 5. The Morgan fingerprint density at radius 1 is 0.831 bits per heavy atom. The second kappa shape index (κ2) is 24.3. The Morgan fingerprint density at radius 2 is 1.44 bits per heavy atom. The molecule has 0 aromatic rings. The van der Waals surface area contributed by atoms with Gasteiger partial charge in [-0.2, -0.15) is 0 Å². The predicted octanol–water partition coefficient (Wildman–Crippen LogP) is 1.52. The van der Waals surface area contributed by atoms with Crippen molar-refractivity contribution in [1.82, 2.24) is 4.90 Å². The molecule has 3 rings (SSSR count). The molecule has 59 heavy (non-hydrogen) atoms. The summed E-state index contributed by atoms with van der Waals surface area (Å²) in [5, 5.41) is 71.0. The largest absolute Gasteiger partial charge is 0.462 e. The number of cyclic esters (lactones) is 1. The van der Waals surface area contributed by atoms with Gasteiger partial charge in [0.25, 0.3) is 0 Å². The van der Waals surface area contributed by atoms with Crippen molar-refractivity contribution >= 4 is 11.7 Å². The van der Waals surface area contributed by atoms with E-state index < -0.39 is 128 Å². The van der Waals surface area contributed by atoms with Gasteiger partial charge in [-0.05, 0) is 71.4 Å². The highest BCUT2D eigenvalue weighted by molar-refractivity contribution is 5.86. The molecule has 3 saturated heterocycles. The van der Waals surface area contributed by atoms with Crippen molar-refractivity contribution in [2.75, 3.05) is 49.1 Å². The van der Waals surface area contributed by atoms with Crippen molar-refractivity contribution in [2.45, 2.75) is 172 Å². The first kappa shape index (κ1) is 51.7. The third-order valence-electron chi connectivity index (χ3n) is 12.8. The summed E-state index contributed by atoms with van der Waals surface area (Å²) in [5.74, 6) is -3.50. The third-order valence-corrected chi connectivity index (χ3v) is 12.8. The Balaban J connectivity index is 2.03. The molecule has 6 N–H and O–H groups in total. The van der Waals surface area contributed by atoms with Crippen LogP contribution in [0.4, 0.5) is 0 Å². The third kappa shape index (κ3) is 13.2. The summed E-state index contributed by atoms with van der Waals surface area (Å²) in [7, 11) is 9.39. The van der Waals surface area contributed by atoms with Crippen molar-refractivity contribution in [2.24, 2.45) is 34.7 Å². The van der Waals surface area contributed by atoms with E-state index in [-0.39, 0.29) is 18.9 Å². The fourth-order valence-electron chi connectivity index (χ4n) is 8.95. The average Bonchev–Trinajstić information content (AvgIpc) is 3.20. The Hall–Kier alpha value is -1.62. The van der Waals surface area contributed by atoms with E-state index >= 15 is 0 Å². The maximum Gasteiger partial charge on any atom is 0.308 e. The quantitative estimate of drug-likeness (QED) is 0.0667. The van der Waals surface area contributed by atoms with E-state index in [1.807, 2.05) is 20.8 Å². The Labute approximate surface area is 350 Å². The summed E-state index contributed by atoms with van der Waals surface area (Å²) in [6.07, 6.45) is -12.1. The van der Waals surface area contributed by atoms with Gasteiger partial charge in [0, 0.05) is 46.7 Å². The van der Waals surface area contributed by atoms with Gasteiger partial charge < -0.3 is 78.3 Å². The molecule has 4 unspecified atom stereocenters. The minimum absolute atomic E-state index is 0.125. The number of aliphatic hydroxyl groups excluding tert-OH is 5.